The van der Waals surface area contributed by atoms with Crippen LogP contribution >= 0.6 is 0 Å². The van der Waals surface area contributed by atoms with E-state index < -0.39 is 12.1 Å². The van der Waals surface area contributed by atoms with Crippen molar-refractivity contribution in [3.05, 3.63) is 53.5 Å². The number of aliphatic hydroxyl groups excluding tert-OH is 1. The summed E-state index contributed by atoms with van der Waals surface area (Å²) in [5.41, 5.74) is 0.704. The molecule has 0 saturated carbocycles. The molecular weight excluding hydrogens is 348 g/mol. The van der Waals surface area contributed by atoms with Gasteiger partial charge in [0, 0.05) is 25.6 Å². The van der Waals surface area contributed by atoms with Crippen LogP contribution in [-0.4, -0.2) is 47.1 Å². The van der Waals surface area contributed by atoms with E-state index in [0.717, 1.165) is 5.75 Å². The first kappa shape index (κ1) is 19.0. The number of aliphatic hydroxyl groups is 1. The molecule has 2 aromatic rings. The fourth-order valence-corrected chi connectivity index (χ4v) is 3.14. The van der Waals surface area contributed by atoms with Crippen molar-refractivity contribution in [3.8, 4) is 5.75 Å². The van der Waals surface area contributed by atoms with Crippen molar-refractivity contribution in [2.24, 2.45) is 0 Å². The normalized spacial score (nSPS) is 19.6. The van der Waals surface area contributed by atoms with E-state index in [2.05, 4.69) is 5.32 Å². The predicted molar refractivity (Wildman–Crippen MR) is 98.4 cm³/mol. The summed E-state index contributed by atoms with van der Waals surface area (Å²) in [6.45, 7) is 4.20. The highest BCUT2D eigenvalue weighted by molar-refractivity contribution is 5.93. The Morgan fingerprint density at radius 3 is 2.74 bits per heavy atom. The van der Waals surface area contributed by atoms with Crippen molar-refractivity contribution in [2.75, 3.05) is 13.1 Å². The number of carbonyl (C=O) groups is 2. The SMILES string of the molecule is CC(=O)N1CC[C@@H](NC(=O)c2oc(COc3ccccc3)cc2C)[C@H](O)C1. The third kappa shape index (κ3) is 4.68. The second-order valence-corrected chi connectivity index (χ2v) is 6.73. The monoisotopic (exact) mass is 372 g/mol. The largest absolute Gasteiger partial charge is 0.486 e. The van der Waals surface area contributed by atoms with Crippen LogP contribution in [-0.2, 0) is 11.4 Å². The minimum Gasteiger partial charge on any atom is -0.486 e. The first-order valence-corrected chi connectivity index (χ1v) is 8.95. The lowest BCUT2D eigenvalue weighted by Crippen LogP contribution is -2.55. The highest BCUT2D eigenvalue weighted by atomic mass is 16.5. The van der Waals surface area contributed by atoms with Crippen molar-refractivity contribution < 1.29 is 23.8 Å². The average molecular weight is 372 g/mol. The zero-order valence-electron chi connectivity index (χ0n) is 15.5. The Labute approximate surface area is 157 Å². The zero-order valence-corrected chi connectivity index (χ0v) is 15.5. The first-order chi connectivity index (χ1) is 12.9. The molecule has 27 heavy (non-hydrogen) atoms. The van der Waals surface area contributed by atoms with Crippen molar-refractivity contribution in [1.29, 1.82) is 0 Å². The molecule has 3 rings (SSSR count). The first-order valence-electron chi connectivity index (χ1n) is 8.95. The Kier molecular flexibility index (Phi) is 5.81. The molecule has 0 unspecified atom stereocenters. The molecule has 0 aliphatic carbocycles. The van der Waals surface area contributed by atoms with Crippen molar-refractivity contribution in [2.45, 2.75) is 39.0 Å². The minimum absolute atomic E-state index is 0.0798. The Balaban J connectivity index is 1.59. The lowest BCUT2D eigenvalue weighted by Gasteiger charge is -2.35. The van der Waals surface area contributed by atoms with Crippen molar-refractivity contribution in [1.82, 2.24) is 10.2 Å². The van der Waals surface area contributed by atoms with Gasteiger partial charge in [-0.2, -0.15) is 0 Å². The van der Waals surface area contributed by atoms with Crippen molar-refractivity contribution in [3.63, 3.8) is 0 Å². The molecular formula is C20H24N2O5. The quantitative estimate of drug-likeness (QED) is 0.836. The van der Waals surface area contributed by atoms with Crippen LogP contribution in [0.25, 0.3) is 0 Å². The molecule has 2 N–H and O–H groups in total. The summed E-state index contributed by atoms with van der Waals surface area (Å²) in [5, 5.41) is 13.0. The van der Waals surface area contributed by atoms with E-state index in [4.69, 9.17) is 9.15 Å². The van der Waals surface area contributed by atoms with Crippen LogP contribution in [0.4, 0.5) is 0 Å². The van der Waals surface area contributed by atoms with E-state index in [1.165, 1.54) is 6.92 Å². The number of likely N-dealkylation sites (tertiary alicyclic amines) is 1. The number of aryl methyl sites for hydroxylation is 1. The number of hydrogen-bond acceptors (Lipinski definition) is 5. The highest BCUT2D eigenvalue weighted by Gasteiger charge is 2.31. The maximum Gasteiger partial charge on any atom is 0.287 e. The predicted octanol–water partition coefficient (Wildman–Crippen LogP) is 1.88. The van der Waals surface area contributed by atoms with E-state index in [1.807, 2.05) is 30.3 Å². The van der Waals surface area contributed by atoms with Gasteiger partial charge < -0.3 is 24.5 Å². The third-order valence-corrected chi connectivity index (χ3v) is 4.64. The van der Waals surface area contributed by atoms with E-state index in [1.54, 1.807) is 17.9 Å². The number of β-amino-alcohol motifs (C(OH)–C–C–N with tert-alkyl or cyclic N) is 1. The van der Waals surface area contributed by atoms with E-state index in [0.29, 0.717) is 24.3 Å². The molecule has 1 aliphatic heterocycles. The number of nitrogens with zero attached hydrogens (tertiary/aromatic N) is 1. The molecule has 144 valence electrons. The van der Waals surface area contributed by atoms with E-state index >= 15 is 0 Å². The van der Waals surface area contributed by atoms with Crippen LogP contribution in [0.1, 0.15) is 35.2 Å². The number of amides is 2. The molecule has 0 spiro atoms. The lowest BCUT2D eigenvalue weighted by molar-refractivity contribution is -0.132. The van der Waals surface area contributed by atoms with Crippen LogP contribution in [0, 0.1) is 6.92 Å². The Hall–Kier alpha value is -2.80. The molecule has 1 aromatic carbocycles. The number of hydrogen-bond donors (Lipinski definition) is 2. The van der Waals surface area contributed by atoms with Crippen LogP contribution in [0.3, 0.4) is 0 Å². The molecule has 1 aromatic heterocycles. The van der Waals surface area contributed by atoms with Gasteiger partial charge in [-0.15, -0.1) is 0 Å². The van der Waals surface area contributed by atoms with Crippen LogP contribution in [0.15, 0.2) is 40.8 Å². The number of carbonyl (C=O) groups excluding carboxylic acids is 2. The Morgan fingerprint density at radius 2 is 2.07 bits per heavy atom. The highest BCUT2D eigenvalue weighted by Crippen LogP contribution is 2.19. The second kappa shape index (κ2) is 8.26. The number of rotatable bonds is 5. The third-order valence-electron chi connectivity index (χ3n) is 4.64. The summed E-state index contributed by atoms with van der Waals surface area (Å²) < 4.78 is 11.3. The van der Waals surface area contributed by atoms with Gasteiger partial charge in [-0.25, -0.2) is 0 Å². The minimum atomic E-state index is -0.803. The van der Waals surface area contributed by atoms with E-state index in [9.17, 15) is 14.7 Å². The van der Waals surface area contributed by atoms with Gasteiger partial charge in [0.1, 0.15) is 18.1 Å². The van der Waals surface area contributed by atoms with Gasteiger partial charge in [0.05, 0.1) is 12.1 Å². The van der Waals surface area contributed by atoms with Crippen molar-refractivity contribution >= 4 is 11.8 Å². The van der Waals surface area contributed by atoms with Crippen LogP contribution in [0.2, 0.25) is 0 Å². The second-order valence-electron chi connectivity index (χ2n) is 6.73. The lowest BCUT2D eigenvalue weighted by atomic mass is 10.0. The molecule has 2 amide bonds. The van der Waals surface area contributed by atoms with Gasteiger partial charge in [-0.3, -0.25) is 9.59 Å². The molecule has 1 aliphatic rings. The topological polar surface area (TPSA) is 92.0 Å². The summed E-state index contributed by atoms with van der Waals surface area (Å²) in [5.74, 6) is 1.02. The zero-order chi connectivity index (χ0) is 19.4. The van der Waals surface area contributed by atoms with Gasteiger partial charge in [-0.05, 0) is 31.5 Å². The summed E-state index contributed by atoms with van der Waals surface area (Å²) in [4.78, 5) is 25.5. The van der Waals surface area contributed by atoms with Gasteiger partial charge in [0.25, 0.3) is 5.91 Å². The number of piperidine rings is 1. The molecule has 7 nitrogen and oxygen atoms in total. The summed E-state index contributed by atoms with van der Waals surface area (Å²) >= 11 is 0. The molecule has 0 radical (unpaired) electrons. The number of para-hydroxylation sites is 1. The maximum absolute atomic E-state index is 12.5. The van der Waals surface area contributed by atoms with Gasteiger partial charge in [0.15, 0.2) is 5.76 Å². The number of ether oxygens (including phenoxy) is 1. The summed E-state index contributed by atoms with van der Waals surface area (Å²) in [6, 6.07) is 10.7. The van der Waals surface area contributed by atoms with Crippen LogP contribution < -0.4 is 10.1 Å². The van der Waals surface area contributed by atoms with Gasteiger partial charge in [-0.1, -0.05) is 18.2 Å². The average Bonchev–Trinajstić information content (AvgIpc) is 3.03. The summed E-state index contributed by atoms with van der Waals surface area (Å²) in [6.07, 6.45) is -0.307. The smallest absolute Gasteiger partial charge is 0.287 e. The molecule has 2 heterocycles. The fraction of sp³-hybridized carbons (Fsp3) is 0.400. The molecule has 1 fully saturated rings. The molecule has 1 saturated heterocycles. The maximum atomic E-state index is 12.5. The molecule has 0 bridgehead atoms. The number of benzene rings is 1. The van der Waals surface area contributed by atoms with Crippen LogP contribution in [0.5, 0.6) is 5.75 Å². The number of nitrogens with one attached hydrogen (secondary N) is 1. The van der Waals surface area contributed by atoms with Gasteiger partial charge in [0.2, 0.25) is 5.91 Å². The van der Waals surface area contributed by atoms with Gasteiger partial charge >= 0.3 is 0 Å². The molecule has 2 atom stereocenters. The Bertz CT molecular complexity index is 802. The fourth-order valence-electron chi connectivity index (χ4n) is 3.14. The Morgan fingerprint density at radius 1 is 1.33 bits per heavy atom. The van der Waals surface area contributed by atoms with E-state index in [-0.39, 0.29) is 30.7 Å². The standard InChI is InChI=1S/C20H24N2O5/c1-13-10-16(12-26-15-6-4-3-5-7-15)27-19(13)20(25)21-17-8-9-22(14(2)23)11-18(17)24/h3-7,10,17-18,24H,8-9,11-12H2,1-2H3,(H,21,25)/t17-,18-/m1/s1. The molecule has 7 heteroatoms. The summed E-state index contributed by atoms with van der Waals surface area (Å²) in [7, 11) is 0. The number of furan rings is 1.